The van der Waals surface area contributed by atoms with Crippen molar-refractivity contribution in [2.75, 3.05) is 0 Å². The predicted molar refractivity (Wildman–Crippen MR) is 70.4 cm³/mol. The van der Waals surface area contributed by atoms with Crippen molar-refractivity contribution in [2.24, 2.45) is 4.99 Å². The lowest BCUT2D eigenvalue weighted by molar-refractivity contribution is 1.21. The summed E-state index contributed by atoms with van der Waals surface area (Å²) in [5, 5.41) is 0. The van der Waals surface area contributed by atoms with Gasteiger partial charge in [0, 0.05) is 6.20 Å². The number of rotatable bonds is 2. The first-order valence-corrected chi connectivity index (χ1v) is 5.48. The highest BCUT2D eigenvalue weighted by Gasteiger charge is 1.98. The van der Waals surface area contributed by atoms with Crippen LogP contribution < -0.4 is 5.69 Å². The van der Waals surface area contributed by atoms with Crippen LogP contribution in [0, 0.1) is 0 Å². The molecule has 18 heavy (non-hydrogen) atoms. The summed E-state index contributed by atoms with van der Waals surface area (Å²) in [6.45, 7) is 0. The van der Waals surface area contributed by atoms with Crippen molar-refractivity contribution < 1.29 is 0 Å². The van der Waals surface area contributed by atoms with Gasteiger partial charge in [-0.1, -0.05) is 6.07 Å². The second kappa shape index (κ2) is 4.29. The monoisotopic (exact) mass is 238 g/mol. The van der Waals surface area contributed by atoms with Crippen molar-refractivity contribution in [3.05, 3.63) is 58.8 Å². The Morgan fingerprint density at radius 1 is 1.11 bits per heavy atom. The van der Waals surface area contributed by atoms with Gasteiger partial charge in [-0.15, -0.1) is 0 Å². The van der Waals surface area contributed by atoms with Gasteiger partial charge in [0.25, 0.3) is 0 Å². The molecule has 5 heteroatoms. The smallest absolute Gasteiger partial charge is 0.306 e. The molecule has 2 heterocycles. The van der Waals surface area contributed by atoms with Crippen LogP contribution in [0.2, 0.25) is 0 Å². The normalized spacial score (nSPS) is 11.3. The Balaban J connectivity index is 1.95. The molecule has 1 aromatic carbocycles. The Kier molecular flexibility index (Phi) is 2.49. The summed E-state index contributed by atoms with van der Waals surface area (Å²) in [7, 11) is 0. The van der Waals surface area contributed by atoms with E-state index in [4.69, 9.17) is 0 Å². The quantitative estimate of drug-likeness (QED) is 0.670. The summed E-state index contributed by atoms with van der Waals surface area (Å²) < 4.78 is 0. The average molecular weight is 238 g/mol. The Hall–Kier alpha value is -2.69. The molecular formula is C13H10N4O. The lowest BCUT2D eigenvalue weighted by Crippen LogP contribution is -1.99. The van der Waals surface area contributed by atoms with Gasteiger partial charge < -0.3 is 9.97 Å². The van der Waals surface area contributed by atoms with Crippen LogP contribution in [-0.4, -0.2) is 21.2 Å². The van der Waals surface area contributed by atoms with Crippen molar-refractivity contribution in [3.63, 3.8) is 0 Å². The molecule has 0 fully saturated rings. The molecule has 3 rings (SSSR count). The standard InChI is InChI=1S/C13H10N4O/c18-13-16-11-5-4-9(7-12(11)17-13)15-8-10-3-1-2-6-14-10/h1-8H,(H2,16,17,18). The van der Waals surface area contributed by atoms with Gasteiger partial charge in [-0.25, -0.2) is 4.79 Å². The third-order valence-corrected chi connectivity index (χ3v) is 2.53. The number of imidazole rings is 1. The molecule has 2 aromatic heterocycles. The summed E-state index contributed by atoms with van der Waals surface area (Å²) in [6.07, 6.45) is 3.40. The van der Waals surface area contributed by atoms with Crippen molar-refractivity contribution in [1.82, 2.24) is 15.0 Å². The van der Waals surface area contributed by atoms with Gasteiger partial charge in [-0.05, 0) is 30.3 Å². The molecule has 0 spiro atoms. The molecule has 0 aliphatic heterocycles. The largest absolute Gasteiger partial charge is 0.323 e. The molecule has 0 radical (unpaired) electrons. The van der Waals surface area contributed by atoms with Crippen LogP contribution in [0.4, 0.5) is 5.69 Å². The zero-order chi connectivity index (χ0) is 12.4. The maximum absolute atomic E-state index is 11.1. The first kappa shape index (κ1) is 10.5. The molecule has 0 saturated heterocycles. The van der Waals surface area contributed by atoms with E-state index in [0.717, 1.165) is 22.4 Å². The number of nitrogens with one attached hydrogen (secondary N) is 2. The lowest BCUT2D eigenvalue weighted by Gasteiger charge is -1.94. The van der Waals surface area contributed by atoms with Crippen LogP contribution >= 0.6 is 0 Å². The minimum Gasteiger partial charge on any atom is -0.306 e. The van der Waals surface area contributed by atoms with E-state index in [9.17, 15) is 4.79 Å². The zero-order valence-electron chi connectivity index (χ0n) is 9.42. The number of nitrogens with zero attached hydrogens (tertiary/aromatic N) is 2. The molecule has 0 unspecified atom stereocenters. The number of aromatic nitrogens is 3. The summed E-state index contributed by atoms with van der Waals surface area (Å²) in [4.78, 5) is 25.0. The maximum Gasteiger partial charge on any atom is 0.323 e. The second-order valence-electron chi connectivity index (χ2n) is 3.82. The molecular weight excluding hydrogens is 228 g/mol. The fourth-order valence-electron chi connectivity index (χ4n) is 1.69. The molecule has 0 bridgehead atoms. The van der Waals surface area contributed by atoms with Crippen molar-refractivity contribution >= 4 is 22.9 Å². The maximum atomic E-state index is 11.1. The molecule has 0 amide bonds. The Morgan fingerprint density at radius 3 is 2.83 bits per heavy atom. The van der Waals surface area contributed by atoms with Gasteiger partial charge in [0.05, 0.1) is 28.6 Å². The molecule has 0 saturated carbocycles. The van der Waals surface area contributed by atoms with Crippen LogP contribution in [0.25, 0.3) is 11.0 Å². The number of fused-ring (bicyclic) bond motifs is 1. The molecule has 0 atom stereocenters. The van der Waals surface area contributed by atoms with E-state index in [1.54, 1.807) is 12.4 Å². The number of benzene rings is 1. The number of aliphatic imine (C=N–C) groups is 1. The van der Waals surface area contributed by atoms with E-state index in [2.05, 4.69) is 19.9 Å². The predicted octanol–water partition coefficient (Wildman–Crippen LogP) is 2.00. The van der Waals surface area contributed by atoms with E-state index in [-0.39, 0.29) is 5.69 Å². The van der Waals surface area contributed by atoms with Gasteiger partial charge in [-0.2, -0.15) is 0 Å². The van der Waals surface area contributed by atoms with E-state index >= 15 is 0 Å². The van der Waals surface area contributed by atoms with Gasteiger partial charge >= 0.3 is 5.69 Å². The number of hydrogen-bond donors (Lipinski definition) is 2. The van der Waals surface area contributed by atoms with E-state index < -0.39 is 0 Å². The highest BCUT2D eigenvalue weighted by molar-refractivity contribution is 5.82. The molecule has 0 aliphatic rings. The highest BCUT2D eigenvalue weighted by Crippen LogP contribution is 2.17. The van der Waals surface area contributed by atoms with Crippen molar-refractivity contribution in [1.29, 1.82) is 0 Å². The minimum absolute atomic E-state index is 0.212. The van der Waals surface area contributed by atoms with E-state index in [1.807, 2.05) is 36.4 Å². The van der Waals surface area contributed by atoms with Crippen LogP contribution in [0.1, 0.15) is 5.69 Å². The van der Waals surface area contributed by atoms with Gasteiger partial charge in [-0.3, -0.25) is 9.98 Å². The zero-order valence-corrected chi connectivity index (χ0v) is 9.42. The molecule has 88 valence electrons. The van der Waals surface area contributed by atoms with Crippen LogP contribution in [0.5, 0.6) is 0 Å². The van der Waals surface area contributed by atoms with Gasteiger partial charge in [0.15, 0.2) is 0 Å². The SMILES string of the molecule is O=c1[nH]c2ccc(N=Cc3ccccn3)cc2[nH]1. The first-order valence-electron chi connectivity index (χ1n) is 5.48. The first-order chi connectivity index (χ1) is 8.81. The summed E-state index contributed by atoms with van der Waals surface area (Å²) >= 11 is 0. The lowest BCUT2D eigenvalue weighted by atomic mass is 10.3. The fourth-order valence-corrected chi connectivity index (χ4v) is 1.69. The summed E-state index contributed by atoms with van der Waals surface area (Å²) in [6, 6.07) is 11.1. The van der Waals surface area contributed by atoms with E-state index in [0.29, 0.717) is 0 Å². The third kappa shape index (κ3) is 2.06. The Morgan fingerprint density at radius 2 is 2.00 bits per heavy atom. The van der Waals surface area contributed by atoms with Crippen LogP contribution in [0.3, 0.4) is 0 Å². The number of H-pyrrole nitrogens is 2. The fraction of sp³-hybridized carbons (Fsp3) is 0. The Bertz CT molecular complexity index is 755. The van der Waals surface area contributed by atoms with Crippen LogP contribution in [-0.2, 0) is 0 Å². The molecule has 3 aromatic rings. The molecule has 2 N–H and O–H groups in total. The molecule has 0 aliphatic carbocycles. The summed E-state index contributed by atoms with van der Waals surface area (Å²) in [5.41, 5.74) is 2.87. The van der Waals surface area contributed by atoms with Gasteiger partial charge in [0.2, 0.25) is 0 Å². The number of aromatic amines is 2. The van der Waals surface area contributed by atoms with Crippen molar-refractivity contribution in [2.45, 2.75) is 0 Å². The second-order valence-corrected chi connectivity index (χ2v) is 3.82. The van der Waals surface area contributed by atoms with Crippen LogP contribution in [0.15, 0.2) is 52.4 Å². The third-order valence-electron chi connectivity index (χ3n) is 2.53. The van der Waals surface area contributed by atoms with E-state index in [1.165, 1.54) is 0 Å². The average Bonchev–Trinajstić information content (AvgIpc) is 2.77. The Labute approximate surface area is 102 Å². The number of pyridine rings is 1. The van der Waals surface area contributed by atoms with Gasteiger partial charge in [0.1, 0.15) is 0 Å². The topological polar surface area (TPSA) is 73.9 Å². The number of hydrogen-bond acceptors (Lipinski definition) is 3. The van der Waals surface area contributed by atoms with Crippen molar-refractivity contribution in [3.8, 4) is 0 Å². The minimum atomic E-state index is -0.212. The molecule has 5 nitrogen and oxygen atoms in total. The highest BCUT2D eigenvalue weighted by atomic mass is 16.1. The summed E-state index contributed by atoms with van der Waals surface area (Å²) in [5.74, 6) is 0.